The third-order valence-electron chi connectivity index (χ3n) is 6.28. The van der Waals surface area contributed by atoms with Crippen LogP contribution in [0.2, 0.25) is 0 Å². The van der Waals surface area contributed by atoms with Crippen LogP contribution < -0.4 is 5.46 Å². The average Bonchev–Trinajstić information content (AvgIpc) is 3.04. The standard InChI is InChI=1S/C22H24BF2NO3/c1-13-9-15(23-28-21(2,3)22(4,5)29-23)10-18(25)16(13)12-26-11-14-7-6-8-17(24)19(14)20(26)27/h6-10H,11-12H2,1-5H3. The van der Waals surface area contributed by atoms with Crippen molar-refractivity contribution in [3.8, 4) is 0 Å². The molecule has 2 aliphatic rings. The molecule has 0 bridgehead atoms. The van der Waals surface area contributed by atoms with Gasteiger partial charge in [-0.25, -0.2) is 8.78 Å². The van der Waals surface area contributed by atoms with E-state index in [1.165, 1.54) is 17.0 Å². The number of carbonyl (C=O) groups excluding carboxylic acids is 1. The quantitative estimate of drug-likeness (QED) is 0.739. The molecule has 7 heteroatoms. The average molecular weight is 399 g/mol. The van der Waals surface area contributed by atoms with Crippen molar-refractivity contribution in [3.63, 3.8) is 0 Å². The van der Waals surface area contributed by atoms with Crippen molar-refractivity contribution in [1.29, 1.82) is 0 Å². The molecule has 4 rings (SSSR count). The molecule has 0 N–H and O–H groups in total. The Morgan fingerprint density at radius 2 is 1.72 bits per heavy atom. The van der Waals surface area contributed by atoms with Gasteiger partial charge in [0, 0.05) is 18.7 Å². The van der Waals surface area contributed by atoms with Gasteiger partial charge in [0.2, 0.25) is 0 Å². The summed E-state index contributed by atoms with van der Waals surface area (Å²) in [5, 5.41) is 0. The summed E-state index contributed by atoms with van der Waals surface area (Å²) in [5.41, 5.74) is 1.38. The number of amides is 1. The maximum atomic E-state index is 15.0. The molecule has 2 aromatic carbocycles. The van der Waals surface area contributed by atoms with Gasteiger partial charge in [0.1, 0.15) is 11.6 Å². The first-order chi connectivity index (χ1) is 13.5. The highest BCUT2D eigenvalue weighted by molar-refractivity contribution is 6.62. The zero-order chi connectivity index (χ0) is 21.1. The third-order valence-corrected chi connectivity index (χ3v) is 6.28. The molecule has 29 heavy (non-hydrogen) atoms. The summed E-state index contributed by atoms with van der Waals surface area (Å²) >= 11 is 0. The lowest BCUT2D eigenvalue weighted by molar-refractivity contribution is 0.00578. The second-order valence-electron chi connectivity index (χ2n) is 8.82. The summed E-state index contributed by atoms with van der Waals surface area (Å²) in [6, 6.07) is 7.80. The summed E-state index contributed by atoms with van der Waals surface area (Å²) < 4.78 is 41.1. The summed E-state index contributed by atoms with van der Waals surface area (Å²) in [7, 11) is -0.658. The van der Waals surface area contributed by atoms with Crippen LogP contribution in [0.1, 0.15) is 54.7 Å². The maximum Gasteiger partial charge on any atom is 0.494 e. The van der Waals surface area contributed by atoms with Crippen LogP contribution in [-0.2, 0) is 22.4 Å². The van der Waals surface area contributed by atoms with Gasteiger partial charge in [-0.15, -0.1) is 0 Å². The number of rotatable bonds is 3. The smallest absolute Gasteiger partial charge is 0.399 e. The fourth-order valence-electron chi connectivity index (χ4n) is 3.81. The number of hydrogen-bond donors (Lipinski definition) is 0. The molecule has 0 atom stereocenters. The Morgan fingerprint density at radius 1 is 1.07 bits per heavy atom. The van der Waals surface area contributed by atoms with Gasteiger partial charge >= 0.3 is 7.12 Å². The van der Waals surface area contributed by atoms with Gasteiger partial charge in [-0.2, -0.15) is 0 Å². The maximum absolute atomic E-state index is 15.0. The molecule has 1 saturated heterocycles. The van der Waals surface area contributed by atoms with E-state index in [2.05, 4.69) is 0 Å². The van der Waals surface area contributed by atoms with E-state index >= 15 is 4.39 Å². The third kappa shape index (κ3) is 3.26. The molecular formula is C22H24BF2NO3. The number of carbonyl (C=O) groups is 1. The molecule has 0 unspecified atom stereocenters. The predicted molar refractivity (Wildman–Crippen MR) is 107 cm³/mol. The van der Waals surface area contributed by atoms with Gasteiger partial charge < -0.3 is 14.2 Å². The molecule has 0 radical (unpaired) electrons. The zero-order valence-electron chi connectivity index (χ0n) is 17.3. The van der Waals surface area contributed by atoms with E-state index in [0.717, 1.165) is 0 Å². The summed E-state index contributed by atoms with van der Waals surface area (Å²) in [6.07, 6.45) is 0. The van der Waals surface area contributed by atoms with Crippen LogP contribution in [0.25, 0.3) is 0 Å². The van der Waals surface area contributed by atoms with Crippen LogP contribution in [0.15, 0.2) is 30.3 Å². The van der Waals surface area contributed by atoms with Crippen LogP contribution in [0.4, 0.5) is 8.78 Å². The number of nitrogens with zero attached hydrogens (tertiary/aromatic N) is 1. The van der Waals surface area contributed by atoms with Crippen molar-refractivity contribution < 1.29 is 22.9 Å². The molecule has 2 aliphatic heterocycles. The van der Waals surface area contributed by atoms with E-state index in [1.54, 1.807) is 19.1 Å². The normalized spacial score (nSPS) is 19.8. The lowest BCUT2D eigenvalue weighted by Gasteiger charge is -2.32. The van der Waals surface area contributed by atoms with Crippen molar-refractivity contribution in [1.82, 2.24) is 4.90 Å². The molecule has 0 aliphatic carbocycles. The molecule has 2 heterocycles. The largest absolute Gasteiger partial charge is 0.494 e. The first kappa shape index (κ1) is 20.0. The number of fused-ring (bicyclic) bond motifs is 1. The molecule has 1 fully saturated rings. The van der Waals surface area contributed by atoms with Crippen molar-refractivity contribution in [3.05, 3.63) is 64.2 Å². The van der Waals surface area contributed by atoms with Crippen LogP contribution in [0, 0.1) is 18.6 Å². The molecule has 0 saturated carbocycles. The lowest BCUT2D eigenvalue weighted by atomic mass is 9.77. The number of hydrogen-bond acceptors (Lipinski definition) is 3. The Labute approximate surface area is 169 Å². The van der Waals surface area contributed by atoms with Crippen LogP contribution in [0.5, 0.6) is 0 Å². The van der Waals surface area contributed by atoms with Gasteiger partial charge in [-0.1, -0.05) is 18.2 Å². The van der Waals surface area contributed by atoms with E-state index in [4.69, 9.17) is 9.31 Å². The molecule has 0 aromatic heterocycles. The van der Waals surface area contributed by atoms with Crippen LogP contribution in [0.3, 0.4) is 0 Å². The zero-order valence-corrected chi connectivity index (χ0v) is 17.3. The SMILES string of the molecule is Cc1cc(B2OC(C)(C)C(C)(C)O2)cc(F)c1CN1Cc2cccc(F)c2C1=O. The minimum absolute atomic E-state index is 0.0776. The van der Waals surface area contributed by atoms with Crippen molar-refractivity contribution in [2.24, 2.45) is 0 Å². The summed E-state index contributed by atoms with van der Waals surface area (Å²) in [4.78, 5) is 14.1. The predicted octanol–water partition coefficient (Wildman–Crippen LogP) is 3.73. The Bertz CT molecular complexity index is 967. The molecule has 2 aromatic rings. The molecule has 4 nitrogen and oxygen atoms in total. The monoisotopic (exact) mass is 399 g/mol. The highest BCUT2D eigenvalue weighted by Gasteiger charge is 2.51. The minimum atomic E-state index is -0.658. The van der Waals surface area contributed by atoms with Crippen molar-refractivity contribution in [2.45, 2.75) is 58.9 Å². The molecule has 0 spiro atoms. The fraction of sp³-hybridized carbons (Fsp3) is 0.409. The van der Waals surface area contributed by atoms with Crippen LogP contribution >= 0.6 is 0 Å². The Hall–Kier alpha value is -2.25. The van der Waals surface area contributed by atoms with E-state index in [1.807, 2.05) is 33.8 Å². The minimum Gasteiger partial charge on any atom is -0.399 e. The Balaban J connectivity index is 1.58. The van der Waals surface area contributed by atoms with Gasteiger partial charge in [0.05, 0.1) is 16.8 Å². The molecule has 152 valence electrons. The van der Waals surface area contributed by atoms with Crippen LogP contribution in [-0.4, -0.2) is 29.1 Å². The van der Waals surface area contributed by atoms with Crippen molar-refractivity contribution in [2.75, 3.05) is 0 Å². The number of aryl methyl sites for hydroxylation is 1. The van der Waals surface area contributed by atoms with E-state index in [0.29, 0.717) is 22.2 Å². The van der Waals surface area contributed by atoms with E-state index in [-0.39, 0.29) is 18.7 Å². The highest BCUT2D eigenvalue weighted by atomic mass is 19.1. The highest BCUT2D eigenvalue weighted by Crippen LogP contribution is 2.36. The van der Waals surface area contributed by atoms with Crippen molar-refractivity contribution >= 4 is 18.5 Å². The topological polar surface area (TPSA) is 38.8 Å². The molecular weight excluding hydrogens is 375 g/mol. The first-order valence-electron chi connectivity index (χ1n) is 9.71. The number of halogens is 2. The lowest BCUT2D eigenvalue weighted by Crippen LogP contribution is -2.41. The second-order valence-corrected chi connectivity index (χ2v) is 8.82. The number of benzene rings is 2. The van der Waals surface area contributed by atoms with Gasteiger partial charge in [-0.05, 0) is 63.3 Å². The Kier molecular flexibility index (Phi) is 4.59. The van der Waals surface area contributed by atoms with Gasteiger partial charge in [-0.3, -0.25) is 4.79 Å². The summed E-state index contributed by atoms with van der Waals surface area (Å²) in [5.74, 6) is -1.38. The Morgan fingerprint density at radius 3 is 2.31 bits per heavy atom. The first-order valence-corrected chi connectivity index (χ1v) is 9.71. The second kappa shape index (κ2) is 6.64. The fourth-order valence-corrected chi connectivity index (χ4v) is 3.81. The van der Waals surface area contributed by atoms with E-state index < -0.39 is 35.9 Å². The summed E-state index contributed by atoms with van der Waals surface area (Å²) in [6.45, 7) is 9.92. The molecule has 1 amide bonds. The van der Waals surface area contributed by atoms with Gasteiger partial charge in [0.25, 0.3) is 5.91 Å². The van der Waals surface area contributed by atoms with E-state index in [9.17, 15) is 9.18 Å². The van der Waals surface area contributed by atoms with Gasteiger partial charge in [0.15, 0.2) is 0 Å².